The number of ether oxygens (including phenoxy) is 2. The van der Waals surface area contributed by atoms with Crippen LogP contribution in [0.1, 0.15) is 92.4 Å². The van der Waals surface area contributed by atoms with Gasteiger partial charge < -0.3 is 14.8 Å². The molecule has 3 saturated carbocycles. The van der Waals surface area contributed by atoms with Gasteiger partial charge in [0.25, 0.3) is 0 Å². The molecule has 1 N–H and O–H groups in total. The third-order valence-electron chi connectivity index (χ3n) is 9.58. The first-order valence-corrected chi connectivity index (χ1v) is 13.0. The third-order valence-corrected chi connectivity index (χ3v) is 9.58. The second-order valence-electron chi connectivity index (χ2n) is 11.3. The average Bonchev–Trinajstić information content (AvgIpc) is 3.04. The Morgan fingerprint density at radius 2 is 1.73 bits per heavy atom. The van der Waals surface area contributed by atoms with Gasteiger partial charge in [-0.15, -0.1) is 0 Å². The Balaban J connectivity index is 1.58. The van der Waals surface area contributed by atoms with Gasteiger partial charge in [0.1, 0.15) is 12.2 Å². The molecule has 33 heavy (non-hydrogen) atoms. The van der Waals surface area contributed by atoms with E-state index in [0.29, 0.717) is 30.6 Å². The van der Waals surface area contributed by atoms with E-state index in [9.17, 15) is 14.4 Å². The van der Waals surface area contributed by atoms with Crippen LogP contribution in [0, 0.1) is 28.6 Å². The number of fused-ring (bicyclic) bond motifs is 5. The van der Waals surface area contributed by atoms with E-state index in [2.05, 4.69) is 25.2 Å². The number of allylic oxidation sites excluding steroid dienone is 1. The van der Waals surface area contributed by atoms with Gasteiger partial charge in [0.05, 0.1) is 6.04 Å². The molecule has 6 heteroatoms. The van der Waals surface area contributed by atoms with Gasteiger partial charge >= 0.3 is 11.9 Å². The van der Waals surface area contributed by atoms with Crippen LogP contribution in [0.5, 0.6) is 0 Å². The zero-order valence-electron chi connectivity index (χ0n) is 20.9. The fourth-order valence-electron chi connectivity index (χ4n) is 7.83. The maximum absolute atomic E-state index is 12.2. The molecule has 0 aliphatic heterocycles. The maximum Gasteiger partial charge on any atom is 0.305 e. The minimum atomic E-state index is -0.252. The van der Waals surface area contributed by atoms with Gasteiger partial charge in [-0.05, 0) is 67.1 Å². The van der Waals surface area contributed by atoms with Gasteiger partial charge in [-0.3, -0.25) is 14.4 Å². The molecule has 184 valence electrons. The first-order chi connectivity index (χ1) is 15.6. The Morgan fingerprint density at radius 3 is 2.39 bits per heavy atom. The molecule has 0 bridgehead atoms. The predicted octanol–water partition coefficient (Wildman–Crippen LogP) is 4.71. The highest BCUT2D eigenvalue weighted by molar-refractivity contribution is 5.74. The van der Waals surface area contributed by atoms with Crippen molar-refractivity contribution in [2.45, 2.75) is 111 Å². The highest BCUT2D eigenvalue weighted by atomic mass is 16.5. The van der Waals surface area contributed by atoms with Crippen LogP contribution in [0.2, 0.25) is 0 Å². The molecular weight excluding hydrogens is 418 g/mol. The molecule has 0 radical (unpaired) electrons. The molecule has 0 spiro atoms. The largest absolute Gasteiger partial charge is 0.462 e. The molecule has 0 aromatic heterocycles. The van der Waals surface area contributed by atoms with E-state index in [1.807, 2.05) is 13.8 Å². The van der Waals surface area contributed by atoms with Crippen molar-refractivity contribution in [2.24, 2.45) is 28.6 Å². The van der Waals surface area contributed by atoms with Gasteiger partial charge in [0.15, 0.2) is 0 Å². The summed E-state index contributed by atoms with van der Waals surface area (Å²) in [5.41, 5.74) is 1.54. The number of nitrogens with one attached hydrogen (secondary N) is 1. The number of carbonyl (C=O) groups is 3. The lowest BCUT2D eigenvalue weighted by Crippen LogP contribution is -2.55. The van der Waals surface area contributed by atoms with Gasteiger partial charge in [-0.1, -0.05) is 39.3 Å². The summed E-state index contributed by atoms with van der Waals surface area (Å²) in [7, 11) is 0. The lowest BCUT2D eigenvalue weighted by Gasteiger charge is -2.57. The molecule has 0 saturated heterocycles. The maximum atomic E-state index is 12.2. The monoisotopic (exact) mass is 459 g/mol. The number of amides is 1. The van der Waals surface area contributed by atoms with E-state index in [0.717, 1.165) is 44.9 Å². The summed E-state index contributed by atoms with van der Waals surface area (Å²) in [6.07, 6.45) is 9.79. The van der Waals surface area contributed by atoms with Crippen LogP contribution in [0.25, 0.3) is 0 Å². The van der Waals surface area contributed by atoms with Gasteiger partial charge in [0.2, 0.25) is 5.91 Å². The van der Waals surface area contributed by atoms with E-state index in [4.69, 9.17) is 9.47 Å². The van der Waals surface area contributed by atoms with Crippen LogP contribution < -0.4 is 5.32 Å². The molecule has 4 aliphatic carbocycles. The van der Waals surface area contributed by atoms with Crippen molar-refractivity contribution in [1.29, 1.82) is 0 Å². The fourth-order valence-corrected chi connectivity index (χ4v) is 7.83. The van der Waals surface area contributed by atoms with Crippen LogP contribution in [0.4, 0.5) is 0 Å². The molecule has 8 unspecified atom stereocenters. The molecule has 6 nitrogen and oxygen atoms in total. The van der Waals surface area contributed by atoms with Crippen molar-refractivity contribution in [1.82, 2.24) is 5.32 Å². The number of esters is 2. The summed E-state index contributed by atoms with van der Waals surface area (Å²) in [5.74, 6) is 1.17. The smallest absolute Gasteiger partial charge is 0.305 e. The summed E-state index contributed by atoms with van der Waals surface area (Å²) < 4.78 is 11.6. The van der Waals surface area contributed by atoms with Crippen molar-refractivity contribution in [3.63, 3.8) is 0 Å². The van der Waals surface area contributed by atoms with Crippen molar-refractivity contribution < 1.29 is 23.9 Å². The number of rotatable bonds is 5. The number of carbonyl (C=O) groups excluding carboxylic acids is 3. The molecule has 0 aromatic rings. The molecule has 0 aromatic carbocycles. The lowest BCUT2D eigenvalue weighted by atomic mass is 9.48. The first kappa shape index (κ1) is 24.3. The Labute approximate surface area is 198 Å². The van der Waals surface area contributed by atoms with Crippen molar-refractivity contribution in [2.75, 3.05) is 0 Å². The molecule has 3 fully saturated rings. The third kappa shape index (κ3) is 4.23. The topological polar surface area (TPSA) is 81.7 Å². The summed E-state index contributed by atoms with van der Waals surface area (Å²) in [6, 6.07) is -0.126. The van der Waals surface area contributed by atoms with Gasteiger partial charge in [0, 0.05) is 26.2 Å². The van der Waals surface area contributed by atoms with E-state index in [-0.39, 0.29) is 46.9 Å². The fraction of sp³-hybridized carbons (Fsp3) is 0.815. The minimum Gasteiger partial charge on any atom is -0.462 e. The van der Waals surface area contributed by atoms with Gasteiger partial charge in [-0.25, -0.2) is 0 Å². The van der Waals surface area contributed by atoms with E-state index < -0.39 is 0 Å². The molecule has 4 rings (SSSR count). The summed E-state index contributed by atoms with van der Waals surface area (Å²) in [4.78, 5) is 36.1. The minimum absolute atomic E-state index is 0.00986. The first-order valence-electron chi connectivity index (χ1n) is 13.0. The van der Waals surface area contributed by atoms with E-state index in [1.54, 1.807) is 6.92 Å². The Kier molecular flexibility index (Phi) is 6.67. The van der Waals surface area contributed by atoms with Crippen LogP contribution in [0.15, 0.2) is 11.6 Å². The molecular formula is C27H41NO5. The van der Waals surface area contributed by atoms with Crippen LogP contribution in [-0.2, 0) is 23.9 Å². The second kappa shape index (κ2) is 9.07. The van der Waals surface area contributed by atoms with E-state index >= 15 is 0 Å². The Bertz CT molecular complexity index is 836. The summed E-state index contributed by atoms with van der Waals surface area (Å²) in [5, 5.41) is 3.17. The lowest BCUT2D eigenvalue weighted by molar-refractivity contribution is -0.151. The quantitative estimate of drug-likeness (QED) is 0.476. The number of hydrogen-bond acceptors (Lipinski definition) is 5. The Hall–Kier alpha value is -1.85. The molecule has 8 atom stereocenters. The standard InChI is InChI=1S/C27H41NO5/c1-6-23(30)32-18-10-12-26(4)17(14-18)8-9-19-20(26)11-13-27(5)21(19)15-22(33-24(31)7-2)25(27)28-16(3)29/h8,18-22,25H,6-7,9-15H2,1-5H3,(H,28,29). The second-order valence-corrected chi connectivity index (χ2v) is 11.3. The Morgan fingerprint density at radius 1 is 1.03 bits per heavy atom. The average molecular weight is 460 g/mol. The zero-order chi connectivity index (χ0) is 24.0. The van der Waals surface area contributed by atoms with Crippen molar-refractivity contribution in [3.05, 3.63) is 11.6 Å². The number of hydrogen-bond donors (Lipinski definition) is 1. The zero-order valence-corrected chi connectivity index (χ0v) is 20.9. The predicted molar refractivity (Wildman–Crippen MR) is 125 cm³/mol. The molecule has 0 heterocycles. The van der Waals surface area contributed by atoms with E-state index in [1.165, 1.54) is 5.57 Å². The summed E-state index contributed by atoms with van der Waals surface area (Å²) >= 11 is 0. The van der Waals surface area contributed by atoms with Crippen molar-refractivity contribution >= 4 is 17.8 Å². The molecule has 4 aliphatic rings. The molecule has 1 amide bonds. The van der Waals surface area contributed by atoms with Crippen LogP contribution in [-0.4, -0.2) is 36.1 Å². The van der Waals surface area contributed by atoms with Gasteiger partial charge in [-0.2, -0.15) is 0 Å². The SMILES string of the molecule is CCC(=O)OC1CCC2(C)C(=CCC3C2CCC2(C)C3CC(OC(=O)CC)C2NC(C)=O)C1. The van der Waals surface area contributed by atoms with Crippen LogP contribution >= 0.6 is 0 Å². The normalized spacial score (nSPS) is 41.7. The van der Waals surface area contributed by atoms with Crippen LogP contribution in [0.3, 0.4) is 0 Å². The highest BCUT2D eigenvalue weighted by Gasteiger charge is 2.62. The van der Waals surface area contributed by atoms with Crippen molar-refractivity contribution in [3.8, 4) is 0 Å². The highest BCUT2D eigenvalue weighted by Crippen LogP contribution is 2.65. The summed E-state index contributed by atoms with van der Waals surface area (Å²) in [6.45, 7) is 9.95.